The van der Waals surface area contributed by atoms with E-state index in [9.17, 15) is 0 Å². The average molecular weight is 262 g/mol. The van der Waals surface area contributed by atoms with Gasteiger partial charge in [0.05, 0.1) is 11.6 Å². The highest BCUT2D eigenvalue weighted by molar-refractivity contribution is 6.42. The molecule has 0 radical (unpaired) electrons. The molecule has 0 spiro atoms. The monoisotopic (exact) mass is 261 g/mol. The van der Waals surface area contributed by atoms with E-state index in [2.05, 4.69) is 12.2 Å². The molecular formula is C12H17Cl2NO. The van der Waals surface area contributed by atoms with Crippen LogP contribution in [-0.2, 0) is 0 Å². The molecule has 4 heteroatoms. The smallest absolute Gasteiger partial charge is 0.139 e. The molecule has 0 fully saturated rings. The molecule has 1 aromatic carbocycles. The van der Waals surface area contributed by atoms with Crippen LogP contribution in [0.3, 0.4) is 0 Å². The molecule has 0 heterocycles. The topological polar surface area (TPSA) is 21.3 Å². The Kier molecular flexibility index (Phi) is 6.62. The summed E-state index contributed by atoms with van der Waals surface area (Å²) in [7, 11) is 0. The van der Waals surface area contributed by atoms with Gasteiger partial charge in [-0.05, 0) is 38.1 Å². The second-order valence-corrected chi connectivity index (χ2v) is 4.25. The van der Waals surface area contributed by atoms with Gasteiger partial charge in [0.15, 0.2) is 0 Å². The van der Waals surface area contributed by atoms with Gasteiger partial charge in [-0.15, -0.1) is 0 Å². The summed E-state index contributed by atoms with van der Waals surface area (Å²) >= 11 is 11.9. The molecule has 0 amide bonds. The molecule has 0 unspecified atom stereocenters. The van der Waals surface area contributed by atoms with Crippen LogP contribution in [0.25, 0.3) is 0 Å². The normalized spacial score (nSPS) is 10.4. The summed E-state index contributed by atoms with van der Waals surface area (Å²) in [6.45, 7) is 4.82. The van der Waals surface area contributed by atoms with E-state index >= 15 is 0 Å². The van der Waals surface area contributed by atoms with Crippen molar-refractivity contribution >= 4 is 23.2 Å². The molecule has 0 saturated carbocycles. The minimum Gasteiger partial charge on any atom is -0.492 e. The molecule has 90 valence electrons. The van der Waals surface area contributed by atoms with Gasteiger partial charge in [-0.1, -0.05) is 36.2 Å². The van der Waals surface area contributed by atoms with Crippen LogP contribution in [0, 0.1) is 0 Å². The van der Waals surface area contributed by atoms with Crippen molar-refractivity contribution in [1.82, 2.24) is 5.32 Å². The minimum atomic E-state index is 0.496. The van der Waals surface area contributed by atoms with Crippen LogP contribution in [-0.4, -0.2) is 19.7 Å². The zero-order chi connectivity index (χ0) is 11.8. The second kappa shape index (κ2) is 7.77. The van der Waals surface area contributed by atoms with Crippen LogP contribution in [0.1, 0.15) is 19.8 Å². The summed E-state index contributed by atoms with van der Waals surface area (Å²) < 4.78 is 5.55. The van der Waals surface area contributed by atoms with E-state index in [1.807, 2.05) is 12.1 Å². The Morgan fingerprint density at radius 2 is 2.06 bits per heavy atom. The van der Waals surface area contributed by atoms with E-state index < -0.39 is 0 Å². The summed E-state index contributed by atoms with van der Waals surface area (Å²) in [5, 5.41) is 4.29. The quantitative estimate of drug-likeness (QED) is 0.755. The van der Waals surface area contributed by atoms with Crippen molar-refractivity contribution in [3.63, 3.8) is 0 Å². The third-order valence-electron chi connectivity index (χ3n) is 2.17. The lowest BCUT2D eigenvalue weighted by atomic mass is 10.3. The number of halogens is 2. The third-order valence-corrected chi connectivity index (χ3v) is 2.97. The van der Waals surface area contributed by atoms with Crippen molar-refractivity contribution in [3.8, 4) is 5.75 Å². The standard InChI is InChI=1S/C12H17Cl2NO/c1-2-15-8-3-4-9-16-11-7-5-6-10(13)12(11)14/h5-7,15H,2-4,8-9H2,1H3. The first kappa shape index (κ1) is 13.6. The number of rotatable bonds is 7. The second-order valence-electron chi connectivity index (χ2n) is 3.46. The molecule has 0 aromatic heterocycles. The van der Waals surface area contributed by atoms with E-state index in [0.717, 1.165) is 25.9 Å². The summed E-state index contributed by atoms with van der Waals surface area (Å²) in [6, 6.07) is 5.42. The van der Waals surface area contributed by atoms with Crippen LogP contribution in [0.5, 0.6) is 5.75 Å². The van der Waals surface area contributed by atoms with Gasteiger partial charge in [0.2, 0.25) is 0 Å². The molecule has 0 saturated heterocycles. The van der Waals surface area contributed by atoms with Gasteiger partial charge in [0.1, 0.15) is 10.8 Å². The molecular weight excluding hydrogens is 245 g/mol. The number of hydrogen-bond donors (Lipinski definition) is 1. The first-order valence-electron chi connectivity index (χ1n) is 5.53. The number of nitrogens with one attached hydrogen (secondary N) is 1. The van der Waals surface area contributed by atoms with Crippen molar-refractivity contribution in [2.45, 2.75) is 19.8 Å². The number of ether oxygens (including phenoxy) is 1. The predicted octanol–water partition coefficient (Wildman–Crippen LogP) is 3.76. The van der Waals surface area contributed by atoms with Crippen LogP contribution in [0.15, 0.2) is 18.2 Å². The maximum absolute atomic E-state index is 5.99. The number of unbranched alkanes of at least 4 members (excludes halogenated alkanes) is 1. The first-order valence-corrected chi connectivity index (χ1v) is 6.28. The summed E-state index contributed by atoms with van der Waals surface area (Å²) in [4.78, 5) is 0. The Morgan fingerprint density at radius 1 is 1.25 bits per heavy atom. The molecule has 0 atom stereocenters. The first-order chi connectivity index (χ1) is 7.75. The highest BCUT2D eigenvalue weighted by Crippen LogP contribution is 2.31. The molecule has 1 rings (SSSR count). The van der Waals surface area contributed by atoms with Gasteiger partial charge < -0.3 is 10.1 Å². The highest BCUT2D eigenvalue weighted by atomic mass is 35.5. The number of hydrogen-bond acceptors (Lipinski definition) is 2. The zero-order valence-electron chi connectivity index (χ0n) is 9.43. The molecule has 1 N–H and O–H groups in total. The maximum Gasteiger partial charge on any atom is 0.139 e. The van der Waals surface area contributed by atoms with Gasteiger partial charge >= 0.3 is 0 Å². The average Bonchev–Trinajstić information content (AvgIpc) is 2.29. The summed E-state index contributed by atoms with van der Waals surface area (Å²) in [5.74, 6) is 0.664. The summed E-state index contributed by atoms with van der Waals surface area (Å²) in [5.41, 5.74) is 0. The fourth-order valence-electron chi connectivity index (χ4n) is 1.31. The predicted molar refractivity (Wildman–Crippen MR) is 69.7 cm³/mol. The molecule has 0 bridgehead atoms. The Labute approximate surface area is 107 Å². The molecule has 0 aliphatic rings. The van der Waals surface area contributed by atoms with Crippen LogP contribution < -0.4 is 10.1 Å². The fourth-order valence-corrected chi connectivity index (χ4v) is 1.65. The Hall–Kier alpha value is -0.440. The van der Waals surface area contributed by atoms with Crippen LogP contribution in [0.4, 0.5) is 0 Å². The third kappa shape index (κ3) is 4.60. The SMILES string of the molecule is CCNCCCCOc1cccc(Cl)c1Cl. The van der Waals surface area contributed by atoms with Gasteiger partial charge in [0.25, 0.3) is 0 Å². The van der Waals surface area contributed by atoms with Gasteiger partial charge in [-0.2, -0.15) is 0 Å². The van der Waals surface area contributed by atoms with Crippen molar-refractivity contribution in [2.75, 3.05) is 19.7 Å². The Morgan fingerprint density at radius 3 is 2.81 bits per heavy atom. The van der Waals surface area contributed by atoms with Gasteiger partial charge in [-0.3, -0.25) is 0 Å². The largest absolute Gasteiger partial charge is 0.492 e. The van der Waals surface area contributed by atoms with Crippen molar-refractivity contribution in [3.05, 3.63) is 28.2 Å². The number of benzene rings is 1. The lowest BCUT2D eigenvalue weighted by molar-refractivity contribution is 0.306. The zero-order valence-corrected chi connectivity index (χ0v) is 10.9. The van der Waals surface area contributed by atoms with E-state index in [0.29, 0.717) is 22.4 Å². The summed E-state index contributed by atoms with van der Waals surface area (Å²) in [6.07, 6.45) is 2.11. The van der Waals surface area contributed by atoms with Crippen LogP contribution in [0.2, 0.25) is 10.0 Å². The Balaban J connectivity index is 2.24. The van der Waals surface area contributed by atoms with E-state index in [1.165, 1.54) is 0 Å². The van der Waals surface area contributed by atoms with E-state index in [-0.39, 0.29) is 0 Å². The minimum absolute atomic E-state index is 0.496. The molecule has 0 aliphatic heterocycles. The molecule has 2 nitrogen and oxygen atoms in total. The highest BCUT2D eigenvalue weighted by Gasteiger charge is 2.04. The van der Waals surface area contributed by atoms with Crippen molar-refractivity contribution < 1.29 is 4.74 Å². The van der Waals surface area contributed by atoms with Crippen molar-refractivity contribution in [2.24, 2.45) is 0 Å². The van der Waals surface area contributed by atoms with Crippen LogP contribution >= 0.6 is 23.2 Å². The Bertz CT molecular complexity index is 318. The van der Waals surface area contributed by atoms with Gasteiger partial charge in [0, 0.05) is 0 Å². The maximum atomic E-state index is 5.99. The lowest BCUT2D eigenvalue weighted by Crippen LogP contribution is -2.14. The molecule has 1 aromatic rings. The molecule has 16 heavy (non-hydrogen) atoms. The van der Waals surface area contributed by atoms with E-state index in [1.54, 1.807) is 6.07 Å². The molecule has 0 aliphatic carbocycles. The van der Waals surface area contributed by atoms with E-state index in [4.69, 9.17) is 27.9 Å². The van der Waals surface area contributed by atoms with Gasteiger partial charge in [-0.25, -0.2) is 0 Å². The lowest BCUT2D eigenvalue weighted by Gasteiger charge is -2.08. The van der Waals surface area contributed by atoms with Crippen molar-refractivity contribution in [1.29, 1.82) is 0 Å². The fraction of sp³-hybridized carbons (Fsp3) is 0.500.